The summed E-state index contributed by atoms with van der Waals surface area (Å²) < 4.78 is 0. The molecule has 0 fully saturated rings. The van der Waals surface area contributed by atoms with Crippen LogP contribution in [0.1, 0.15) is 11.3 Å². The van der Waals surface area contributed by atoms with Crippen molar-refractivity contribution in [1.82, 2.24) is 4.98 Å². The summed E-state index contributed by atoms with van der Waals surface area (Å²) in [6.07, 6.45) is 6.26. The zero-order valence-corrected chi connectivity index (χ0v) is 6.94. The maximum absolute atomic E-state index is 4.30. The van der Waals surface area contributed by atoms with Crippen molar-refractivity contribution in [2.24, 2.45) is 9.98 Å². The highest BCUT2D eigenvalue weighted by atomic mass is 15.0. The van der Waals surface area contributed by atoms with Gasteiger partial charge in [0.05, 0.1) is 17.1 Å². The lowest BCUT2D eigenvalue weighted by Gasteiger charge is -2.11. The summed E-state index contributed by atoms with van der Waals surface area (Å²) in [5.74, 6) is 0. The van der Waals surface area contributed by atoms with Crippen LogP contribution in [0.5, 0.6) is 0 Å². The van der Waals surface area contributed by atoms with Gasteiger partial charge in [-0.05, 0) is 17.7 Å². The van der Waals surface area contributed by atoms with Crippen LogP contribution in [0, 0.1) is 0 Å². The van der Waals surface area contributed by atoms with E-state index in [0.29, 0.717) is 0 Å². The summed E-state index contributed by atoms with van der Waals surface area (Å²) in [7, 11) is 0. The maximum Gasteiger partial charge on any atom is 0.116 e. The van der Waals surface area contributed by atoms with Gasteiger partial charge in [-0.15, -0.1) is 0 Å². The summed E-state index contributed by atoms with van der Waals surface area (Å²) in [6, 6.07) is 4.00. The molecule has 3 nitrogen and oxygen atoms in total. The summed E-state index contributed by atoms with van der Waals surface area (Å²) in [4.78, 5) is 12.6. The SMILES string of the molecule is C1=NC2=Cc3cccnc3CC2=N1. The molecule has 0 amide bonds. The number of hydrogen-bond donors (Lipinski definition) is 0. The second-order valence-corrected chi connectivity index (χ2v) is 3.07. The number of allylic oxidation sites excluding steroid dienone is 1. The first-order chi connectivity index (χ1) is 6.43. The summed E-state index contributed by atoms with van der Waals surface area (Å²) >= 11 is 0. The average molecular weight is 169 g/mol. The molecule has 0 radical (unpaired) electrons. The Hall–Kier alpha value is -1.77. The van der Waals surface area contributed by atoms with Crippen molar-refractivity contribution in [2.75, 3.05) is 0 Å². The molecule has 3 heteroatoms. The Balaban J connectivity index is 2.21. The lowest BCUT2D eigenvalue weighted by atomic mass is 9.99. The van der Waals surface area contributed by atoms with E-state index in [1.807, 2.05) is 18.3 Å². The second-order valence-electron chi connectivity index (χ2n) is 3.07. The number of nitrogens with zero attached hydrogens (tertiary/aromatic N) is 3. The van der Waals surface area contributed by atoms with Crippen molar-refractivity contribution < 1.29 is 0 Å². The van der Waals surface area contributed by atoms with Crippen molar-refractivity contribution in [1.29, 1.82) is 0 Å². The molecular weight excluding hydrogens is 162 g/mol. The maximum atomic E-state index is 4.30. The molecule has 0 bridgehead atoms. The quantitative estimate of drug-likeness (QED) is 0.579. The van der Waals surface area contributed by atoms with Gasteiger partial charge in [0.2, 0.25) is 0 Å². The van der Waals surface area contributed by atoms with E-state index >= 15 is 0 Å². The second kappa shape index (κ2) is 2.36. The molecule has 1 aromatic heterocycles. The van der Waals surface area contributed by atoms with E-state index in [4.69, 9.17) is 0 Å². The molecule has 0 saturated carbocycles. The van der Waals surface area contributed by atoms with Crippen LogP contribution < -0.4 is 0 Å². The van der Waals surface area contributed by atoms with E-state index in [1.54, 1.807) is 6.34 Å². The molecule has 0 atom stereocenters. The topological polar surface area (TPSA) is 37.6 Å². The van der Waals surface area contributed by atoms with Crippen LogP contribution in [0.25, 0.3) is 6.08 Å². The first-order valence-corrected chi connectivity index (χ1v) is 4.19. The molecule has 0 unspecified atom stereocenters. The molecular formula is C10H7N3. The van der Waals surface area contributed by atoms with Crippen molar-refractivity contribution >= 4 is 18.1 Å². The Bertz CT molecular complexity index is 455. The van der Waals surface area contributed by atoms with E-state index in [0.717, 1.165) is 29.1 Å². The van der Waals surface area contributed by atoms with E-state index in [2.05, 4.69) is 21.0 Å². The number of fused-ring (bicyclic) bond motifs is 2. The number of hydrogen-bond acceptors (Lipinski definition) is 3. The fraction of sp³-hybridized carbons (Fsp3) is 0.100. The van der Waals surface area contributed by atoms with Gasteiger partial charge in [-0.3, -0.25) is 4.98 Å². The normalized spacial score (nSPS) is 17.5. The predicted molar refractivity (Wildman–Crippen MR) is 51.8 cm³/mol. The third kappa shape index (κ3) is 0.935. The van der Waals surface area contributed by atoms with Gasteiger partial charge in [0, 0.05) is 12.6 Å². The van der Waals surface area contributed by atoms with Gasteiger partial charge < -0.3 is 0 Å². The van der Waals surface area contributed by atoms with E-state index in [9.17, 15) is 0 Å². The highest BCUT2D eigenvalue weighted by molar-refractivity contribution is 6.13. The number of aromatic nitrogens is 1. The molecule has 1 aromatic rings. The highest BCUT2D eigenvalue weighted by Crippen LogP contribution is 2.22. The summed E-state index contributed by atoms with van der Waals surface area (Å²) in [5, 5.41) is 0. The minimum Gasteiger partial charge on any atom is -0.260 e. The Kier molecular flexibility index (Phi) is 1.22. The molecule has 3 rings (SSSR count). The first-order valence-electron chi connectivity index (χ1n) is 4.19. The van der Waals surface area contributed by atoms with Gasteiger partial charge in [-0.1, -0.05) is 6.07 Å². The van der Waals surface area contributed by atoms with Gasteiger partial charge in [0.25, 0.3) is 0 Å². The minimum absolute atomic E-state index is 0.808. The van der Waals surface area contributed by atoms with E-state index in [-0.39, 0.29) is 0 Å². The molecule has 2 aliphatic rings. The van der Waals surface area contributed by atoms with Gasteiger partial charge in [0.1, 0.15) is 6.34 Å². The number of rotatable bonds is 0. The molecule has 62 valence electrons. The molecule has 2 heterocycles. The van der Waals surface area contributed by atoms with Crippen molar-refractivity contribution in [3.05, 3.63) is 35.3 Å². The molecule has 13 heavy (non-hydrogen) atoms. The third-order valence-corrected chi connectivity index (χ3v) is 2.26. The van der Waals surface area contributed by atoms with Crippen LogP contribution >= 0.6 is 0 Å². The van der Waals surface area contributed by atoms with Gasteiger partial charge in [0.15, 0.2) is 0 Å². The zero-order chi connectivity index (χ0) is 8.67. The third-order valence-electron chi connectivity index (χ3n) is 2.26. The monoisotopic (exact) mass is 169 g/mol. The average Bonchev–Trinajstić information content (AvgIpc) is 2.61. The van der Waals surface area contributed by atoms with Gasteiger partial charge >= 0.3 is 0 Å². The molecule has 0 aromatic carbocycles. The van der Waals surface area contributed by atoms with E-state index in [1.165, 1.54) is 0 Å². The predicted octanol–water partition coefficient (Wildman–Crippen LogP) is 1.46. The van der Waals surface area contributed by atoms with Gasteiger partial charge in [-0.2, -0.15) is 0 Å². The number of aliphatic imine (C=N–C) groups is 2. The molecule has 0 N–H and O–H groups in total. The Labute approximate surface area is 75.6 Å². The summed E-state index contributed by atoms with van der Waals surface area (Å²) in [5.41, 5.74) is 4.28. The Morgan fingerprint density at radius 1 is 1.31 bits per heavy atom. The Morgan fingerprint density at radius 2 is 2.31 bits per heavy atom. The standard InChI is InChI=1S/C10H7N3/c1-2-7-4-9-10(13-6-12-9)5-8(7)11-3-1/h1-4,6H,5H2. The van der Waals surface area contributed by atoms with Gasteiger partial charge in [-0.25, -0.2) is 9.98 Å². The van der Waals surface area contributed by atoms with Crippen LogP contribution in [0.4, 0.5) is 0 Å². The van der Waals surface area contributed by atoms with Crippen LogP contribution in [-0.4, -0.2) is 17.0 Å². The molecule has 0 saturated heterocycles. The largest absolute Gasteiger partial charge is 0.260 e. The fourth-order valence-electron chi connectivity index (χ4n) is 1.59. The van der Waals surface area contributed by atoms with Crippen molar-refractivity contribution in [3.8, 4) is 0 Å². The smallest absolute Gasteiger partial charge is 0.116 e. The first kappa shape index (κ1) is 6.71. The minimum atomic E-state index is 0.808. The highest BCUT2D eigenvalue weighted by Gasteiger charge is 2.18. The van der Waals surface area contributed by atoms with Crippen molar-refractivity contribution in [2.45, 2.75) is 6.42 Å². The lowest BCUT2D eigenvalue weighted by molar-refractivity contribution is 1.11. The fourth-order valence-corrected chi connectivity index (χ4v) is 1.59. The number of pyridine rings is 1. The Morgan fingerprint density at radius 3 is 3.31 bits per heavy atom. The molecule has 1 aliphatic carbocycles. The van der Waals surface area contributed by atoms with E-state index < -0.39 is 0 Å². The molecule has 0 spiro atoms. The summed E-state index contributed by atoms with van der Waals surface area (Å²) in [6.45, 7) is 0. The lowest BCUT2D eigenvalue weighted by Crippen LogP contribution is -2.10. The van der Waals surface area contributed by atoms with Crippen LogP contribution in [-0.2, 0) is 6.42 Å². The molecule has 1 aliphatic heterocycles. The van der Waals surface area contributed by atoms with Crippen LogP contribution in [0.3, 0.4) is 0 Å². The zero-order valence-electron chi connectivity index (χ0n) is 6.94. The van der Waals surface area contributed by atoms with Crippen LogP contribution in [0.2, 0.25) is 0 Å². The van der Waals surface area contributed by atoms with Crippen LogP contribution in [0.15, 0.2) is 34.0 Å². The van der Waals surface area contributed by atoms with Crippen molar-refractivity contribution in [3.63, 3.8) is 0 Å².